The van der Waals surface area contributed by atoms with E-state index >= 15 is 0 Å². The Hall–Kier alpha value is -1.27. The number of hydrogen-bond donors (Lipinski definition) is 3. The standard InChI is InChI=1S/C12H20N2O3S/c1-9(12(2,3)15)13-10-7-5-6-8-11(10)14-18(4,16)17/h5-9,13-15H,1-4H3. The molecule has 1 aromatic carbocycles. The Balaban J connectivity index is 2.96. The van der Waals surface area contributed by atoms with Gasteiger partial charge in [-0.3, -0.25) is 4.72 Å². The largest absolute Gasteiger partial charge is 0.388 e. The van der Waals surface area contributed by atoms with Crippen LogP contribution < -0.4 is 10.0 Å². The molecule has 0 spiro atoms. The van der Waals surface area contributed by atoms with E-state index in [0.717, 1.165) is 6.26 Å². The van der Waals surface area contributed by atoms with E-state index in [2.05, 4.69) is 10.0 Å². The number of rotatable bonds is 5. The van der Waals surface area contributed by atoms with E-state index in [1.165, 1.54) is 0 Å². The van der Waals surface area contributed by atoms with E-state index in [9.17, 15) is 13.5 Å². The second kappa shape index (κ2) is 5.16. The van der Waals surface area contributed by atoms with Crippen LogP contribution in [-0.4, -0.2) is 31.4 Å². The van der Waals surface area contributed by atoms with Gasteiger partial charge in [-0.1, -0.05) is 12.1 Å². The van der Waals surface area contributed by atoms with Crippen LogP contribution in [0.5, 0.6) is 0 Å². The maximum absolute atomic E-state index is 11.2. The highest BCUT2D eigenvalue weighted by Gasteiger charge is 2.22. The zero-order chi connectivity index (χ0) is 14.0. The van der Waals surface area contributed by atoms with Crippen molar-refractivity contribution in [2.24, 2.45) is 0 Å². The van der Waals surface area contributed by atoms with Gasteiger partial charge in [-0.25, -0.2) is 8.42 Å². The minimum atomic E-state index is -3.32. The van der Waals surface area contributed by atoms with Gasteiger partial charge >= 0.3 is 0 Å². The maximum Gasteiger partial charge on any atom is 0.229 e. The van der Waals surface area contributed by atoms with Crippen molar-refractivity contribution >= 4 is 21.4 Å². The monoisotopic (exact) mass is 272 g/mol. The van der Waals surface area contributed by atoms with E-state index in [0.29, 0.717) is 11.4 Å². The summed E-state index contributed by atoms with van der Waals surface area (Å²) in [6.07, 6.45) is 1.10. The molecule has 0 aliphatic rings. The van der Waals surface area contributed by atoms with Crippen LogP contribution in [0.15, 0.2) is 24.3 Å². The van der Waals surface area contributed by atoms with Crippen molar-refractivity contribution in [2.45, 2.75) is 32.4 Å². The average Bonchev–Trinajstić information content (AvgIpc) is 2.17. The minimum absolute atomic E-state index is 0.222. The molecule has 102 valence electrons. The predicted octanol–water partition coefficient (Wildman–Crippen LogP) is 1.63. The van der Waals surface area contributed by atoms with Crippen molar-refractivity contribution in [3.63, 3.8) is 0 Å². The van der Waals surface area contributed by atoms with Crippen LogP contribution in [0.25, 0.3) is 0 Å². The first-order valence-electron chi connectivity index (χ1n) is 5.65. The molecule has 0 aliphatic carbocycles. The van der Waals surface area contributed by atoms with Crippen molar-refractivity contribution in [3.8, 4) is 0 Å². The van der Waals surface area contributed by atoms with Crippen LogP contribution in [0, 0.1) is 0 Å². The highest BCUT2D eigenvalue weighted by atomic mass is 32.2. The number of sulfonamides is 1. The first kappa shape index (κ1) is 14.8. The highest BCUT2D eigenvalue weighted by Crippen LogP contribution is 2.24. The Morgan fingerprint density at radius 3 is 2.17 bits per heavy atom. The van der Waals surface area contributed by atoms with Gasteiger partial charge in [0.1, 0.15) is 0 Å². The number of aliphatic hydroxyl groups is 1. The lowest BCUT2D eigenvalue weighted by molar-refractivity contribution is 0.0649. The van der Waals surface area contributed by atoms with Gasteiger partial charge in [0.2, 0.25) is 10.0 Å². The van der Waals surface area contributed by atoms with Crippen molar-refractivity contribution in [1.82, 2.24) is 0 Å². The SMILES string of the molecule is CC(Nc1ccccc1NS(C)(=O)=O)C(C)(C)O. The summed E-state index contributed by atoms with van der Waals surface area (Å²) >= 11 is 0. The Kier molecular flexibility index (Phi) is 4.24. The Bertz CT molecular complexity index is 506. The highest BCUT2D eigenvalue weighted by molar-refractivity contribution is 7.92. The normalized spacial score (nSPS) is 14.1. The molecule has 18 heavy (non-hydrogen) atoms. The molecule has 0 saturated heterocycles. The van der Waals surface area contributed by atoms with Gasteiger partial charge in [-0.2, -0.15) is 0 Å². The van der Waals surface area contributed by atoms with Crippen LogP contribution in [0.1, 0.15) is 20.8 Å². The summed E-state index contributed by atoms with van der Waals surface area (Å²) in [6, 6.07) is 6.75. The third-order valence-corrected chi connectivity index (χ3v) is 3.24. The first-order valence-corrected chi connectivity index (χ1v) is 7.54. The van der Waals surface area contributed by atoms with E-state index < -0.39 is 15.6 Å². The predicted molar refractivity (Wildman–Crippen MR) is 74.3 cm³/mol. The molecule has 0 aromatic heterocycles. The van der Waals surface area contributed by atoms with Crippen molar-refractivity contribution in [3.05, 3.63) is 24.3 Å². The van der Waals surface area contributed by atoms with Gasteiger partial charge in [0, 0.05) is 0 Å². The van der Waals surface area contributed by atoms with Crippen molar-refractivity contribution in [1.29, 1.82) is 0 Å². The van der Waals surface area contributed by atoms with Crippen molar-refractivity contribution < 1.29 is 13.5 Å². The summed E-state index contributed by atoms with van der Waals surface area (Å²) in [5, 5.41) is 13.0. The first-order chi connectivity index (χ1) is 8.09. The Morgan fingerprint density at radius 2 is 1.72 bits per heavy atom. The molecule has 0 amide bonds. The van der Waals surface area contributed by atoms with Crippen LogP contribution in [0.2, 0.25) is 0 Å². The average molecular weight is 272 g/mol. The molecule has 5 nitrogen and oxygen atoms in total. The molecule has 1 rings (SSSR count). The molecule has 0 heterocycles. The maximum atomic E-state index is 11.2. The molecule has 1 aromatic rings. The Morgan fingerprint density at radius 1 is 1.22 bits per heavy atom. The summed E-state index contributed by atoms with van der Waals surface area (Å²) in [5.74, 6) is 0. The third-order valence-electron chi connectivity index (χ3n) is 2.65. The number of anilines is 2. The molecule has 0 bridgehead atoms. The summed E-state index contributed by atoms with van der Waals surface area (Å²) in [5.41, 5.74) is 0.201. The fourth-order valence-corrected chi connectivity index (χ4v) is 1.89. The molecule has 1 atom stereocenters. The minimum Gasteiger partial charge on any atom is -0.388 e. The number of para-hydroxylation sites is 2. The zero-order valence-corrected chi connectivity index (χ0v) is 11.9. The van der Waals surface area contributed by atoms with E-state index in [1.807, 2.05) is 6.92 Å². The zero-order valence-electron chi connectivity index (χ0n) is 11.1. The summed E-state index contributed by atoms with van der Waals surface area (Å²) < 4.78 is 24.9. The molecule has 0 fully saturated rings. The van der Waals surface area contributed by atoms with Gasteiger partial charge in [-0.05, 0) is 32.9 Å². The van der Waals surface area contributed by atoms with E-state index in [4.69, 9.17) is 0 Å². The molecule has 0 aliphatic heterocycles. The summed E-state index contributed by atoms with van der Waals surface area (Å²) in [6.45, 7) is 5.21. The molecular weight excluding hydrogens is 252 g/mol. The summed E-state index contributed by atoms with van der Waals surface area (Å²) in [4.78, 5) is 0. The molecule has 1 unspecified atom stereocenters. The molecule has 0 saturated carbocycles. The molecular formula is C12H20N2O3S. The van der Waals surface area contributed by atoms with Gasteiger partial charge < -0.3 is 10.4 Å². The van der Waals surface area contributed by atoms with E-state index in [1.54, 1.807) is 38.1 Å². The van der Waals surface area contributed by atoms with Gasteiger partial charge in [-0.15, -0.1) is 0 Å². The van der Waals surface area contributed by atoms with Crippen LogP contribution in [0.3, 0.4) is 0 Å². The number of nitrogens with one attached hydrogen (secondary N) is 2. The number of hydrogen-bond acceptors (Lipinski definition) is 4. The lowest BCUT2D eigenvalue weighted by atomic mass is 10.0. The summed E-state index contributed by atoms with van der Waals surface area (Å²) in [7, 11) is -3.32. The van der Waals surface area contributed by atoms with Crippen LogP contribution in [0.4, 0.5) is 11.4 Å². The molecule has 3 N–H and O–H groups in total. The van der Waals surface area contributed by atoms with Gasteiger partial charge in [0.25, 0.3) is 0 Å². The van der Waals surface area contributed by atoms with E-state index in [-0.39, 0.29) is 6.04 Å². The Labute approximate surface area is 108 Å². The fraction of sp³-hybridized carbons (Fsp3) is 0.500. The molecule has 6 heteroatoms. The lowest BCUT2D eigenvalue weighted by Crippen LogP contribution is -2.39. The fourth-order valence-electron chi connectivity index (χ4n) is 1.31. The lowest BCUT2D eigenvalue weighted by Gasteiger charge is -2.28. The van der Waals surface area contributed by atoms with Gasteiger partial charge in [0.15, 0.2) is 0 Å². The van der Waals surface area contributed by atoms with Crippen molar-refractivity contribution in [2.75, 3.05) is 16.3 Å². The second-order valence-electron chi connectivity index (χ2n) is 4.94. The topological polar surface area (TPSA) is 78.4 Å². The number of benzene rings is 1. The molecule has 0 radical (unpaired) electrons. The smallest absolute Gasteiger partial charge is 0.229 e. The van der Waals surface area contributed by atoms with Crippen LogP contribution in [-0.2, 0) is 10.0 Å². The van der Waals surface area contributed by atoms with Crippen LogP contribution >= 0.6 is 0 Å². The quantitative estimate of drug-likeness (QED) is 0.761. The third kappa shape index (κ3) is 4.54. The second-order valence-corrected chi connectivity index (χ2v) is 6.69. The van der Waals surface area contributed by atoms with Gasteiger partial charge in [0.05, 0.1) is 29.3 Å².